The van der Waals surface area contributed by atoms with Gasteiger partial charge in [-0.05, 0) is 24.1 Å². The van der Waals surface area contributed by atoms with E-state index >= 15 is 0 Å². The van der Waals surface area contributed by atoms with E-state index in [9.17, 15) is 14.7 Å². The molecule has 3 rings (SSSR count). The molecule has 0 amide bonds. The van der Waals surface area contributed by atoms with E-state index in [1.54, 1.807) is 16.7 Å². The van der Waals surface area contributed by atoms with Crippen molar-refractivity contribution in [1.29, 1.82) is 0 Å². The van der Waals surface area contributed by atoms with E-state index in [2.05, 4.69) is 0 Å². The van der Waals surface area contributed by atoms with Crippen LogP contribution >= 0.6 is 0 Å². The summed E-state index contributed by atoms with van der Waals surface area (Å²) in [7, 11) is 0. The molecular weight excluding hydrogens is 278 g/mol. The number of aryl methyl sites for hydroxylation is 1. The van der Waals surface area contributed by atoms with Crippen LogP contribution in [-0.4, -0.2) is 16.0 Å². The van der Waals surface area contributed by atoms with Crippen molar-refractivity contribution in [1.82, 2.24) is 4.57 Å². The molecule has 1 N–H and O–H groups in total. The molecule has 3 aromatic rings. The van der Waals surface area contributed by atoms with Gasteiger partial charge in [0.1, 0.15) is 11.3 Å². The van der Waals surface area contributed by atoms with Crippen LogP contribution in [0, 0.1) is 6.92 Å². The SMILES string of the molecule is Cc1cccc2c(O)c(C=O)c(=O)n(Cc3ccccc3)c12. The van der Waals surface area contributed by atoms with Crippen LogP contribution in [0.15, 0.2) is 53.3 Å². The van der Waals surface area contributed by atoms with Crippen molar-refractivity contribution in [3.05, 3.63) is 75.6 Å². The molecule has 0 aliphatic carbocycles. The van der Waals surface area contributed by atoms with Crippen molar-refractivity contribution < 1.29 is 9.90 Å². The van der Waals surface area contributed by atoms with Gasteiger partial charge in [0.15, 0.2) is 6.29 Å². The highest BCUT2D eigenvalue weighted by molar-refractivity contribution is 5.94. The summed E-state index contributed by atoms with van der Waals surface area (Å²) in [6.45, 7) is 2.23. The Morgan fingerprint density at radius 3 is 2.50 bits per heavy atom. The Hall–Kier alpha value is -2.88. The van der Waals surface area contributed by atoms with Crippen molar-refractivity contribution in [3.63, 3.8) is 0 Å². The molecule has 1 heterocycles. The lowest BCUT2D eigenvalue weighted by Gasteiger charge is -2.15. The van der Waals surface area contributed by atoms with Crippen molar-refractivity contribution in [2.24, 2.45) is 0 Å². The maximum atomic E-state index is 12.6. The second-order valence-corrected chi connectivity index (χ2v) is 5.23. The first-order chi connectivity index (χ1) is 10.6. The van der Waals surface area contributed by atoms with Gasteiger partial charge in [0, 0.05) is 5.39 Å². The molecule has 0 aliphatic heterocycles. The number of hydrogen-bond acceptors (Lipinski definition) is 3. The molecule has 0 spiro atoms. The largest absolute Gasteiger partial charge is 0.506 e. The lowest BCUT2D eigenvalue weighted by atomic mass is 10.1. The van der Waals surface area contributed by atoms with Crippen molar-refractivity contribution in [2.75, 3.05) is 0 Å². The molecule has 22 heavy (non-hydrogen) atoms. The van der Waals surface area contributed by atoms with E-state index in [4.69, 9.17) is 0 Å². The highest BCUT2D eigenvalue weighted by Crippen LogP contribution is 2.28. The Kier molecular flexibility index (Phi) is 3.51. The van der Waals surface area contributed by atoms with Gasteiger partial charge < -0.3 is 9.67 Å². The van der Waals surface area contributed by atoms with E-state index < -0.39 is 5.56 Å². The summed E-state index contributed by atoms with van der Waals surface area (Å²) < 4.78 is 1.55. The van der Waals surface area contributed by atoms with Crippen LogP contribution in [0.4, 0.5) is 0 Å². The average molecular weight is 293 g/mol. The number of nitrogens with zero attached hydrogens (tertiary/aromatic N) is 1. The van der Waals surface area contributed by atoms with Crippen molar-refractivity contribution >= 4 is 17.2 Å². The summed E-state index contributed by atoms with van der Waals surface area (Å²) in [6, 6.07) is 14.9. The van der Waals surface area contributed by atoms with Gasteiger partial charge in [-0.1, -0.05) is 42.5 Å². The lowest BCUT2D eigenvalue weighted by Crippen LogP contribution is -2.25. The summed E-state index contributed by atoms with van der Waals surface area (Å²) >= 11 is 0. The number of hydrogen-bond donors (Lipinski definition) is 1. The Labute approximate surface area is 127 Å². The zero-order chi connectivity index (χ0) is 15.7. The zero-order valence-corrected chi connectivity index (χ0v) is 12.1. The standard InChI is InChI=1S/C18H15NO3/c1-12-6-5-9-14-16(12)19(10-13-7-3-2-4-8-13)18(22)15(11-20)17(14)21/h2-9,11,21H,10H2,1H3. The number of pyridine rings is 1. The highest BCUT2D eigenvalue weighted by atomic mass is 16.3. The van der Waals surface area contributed by atoms with Crippen LogP contribution < -0.4 is 5.56 Å². The molecule has 110 valence electrons. The summed E-state index contributed by atoms with van der Waals surface area (Å²) in [5.74, 6) is -0.247. The fourth-order valence-corrected chi connectivity index (χ4v) is 2.72. The molecule has 0 radical (unpaired) electrons. The number of aromatic hydroxyl groups is 1. The quantitative estimate of drug-likeness (QED) is 0.755. The van der Waals surface area contributed by atoms with E-state index in [1.807, 2.05) is 43.3 Å². The first-order valence-electron chi connectivity index (χ1n) is 6.97. The molecule has 0 atom stereocenters. The molecule has 0 saturated heterocycles. The van der Waals surface area contributed by atoms with Crippen molar-refractivity contribution in [2.45, 2.75) is 13.5 Å². The van der Waals surface area contributed by atoms with Gasteiger partial charge in [-0.2, -0.15) is 0 Å². The van der Waals surface area contributed by atoms with E-state index in [1.165, 1.54) is 0 Å². The van der Waals surface area contributed by atoms with Gasteiger partial charge in [0.05, 0.1) is 12.1 Å². The van der Waals surface area contributed by atoms with Gasteiger partial charge in [-0.15, -0.1) is 0 Å². The second-order valence-electron chi connectivity index (χ2n) is 5.23. The number of rotatable bonds is 3. The van der Waals surface area contributed by atoms with Gasteiger partial charge in [0.2, 0.25) is 0 Å². The summed E-state index contributed by atoms with van der Waals surface area (Å²) in [5, 5.41) is 10.7. The van der Waals surface area contributed by atoms with Gasteiger partial charge in [-0.3, -0.25) is 9.59 Å². The Bertz CT molecular complexity index is 911. The third-order valence-electron chi connectivity index (χ3n) is 3.79. The topological polar surface area (TPSA) is 59.3 Å². The fourth-order valence-electron chi connectivity index (χ4n) is 2.72. The maximum absolute atomic E-state index is 12.6. The maximum Gasteiger partial charge on any atom is 0.265 e. The summed E-state index contributed by atoms with van der Waals surface area (Å²) in [6.07, 6.45) is 0.418. The molecule has 0 fully saturated rings. The predicted octanol–water partition coefficient (Wildman–Crippen LogP) is 2.88. The molecule has 0 bridgehead atoms. The summed E-state index contributed by atoms with van der Waals surface area (Å²) in [5.41, 5.74) is 1.81. The monoisotopic (exact) mass is 293 g/mol. The minimum absolute atomic E-state index is 0.200. The predicted molar refractivity (Wildman–Crippen MR) is 85.5 cm³/mol. The third-order valence-corrected chi connectivity index (χ3v) is 3.79. The first kappa shape index (κ1) is 14.1. The number of aldehydes is 1. The number of benzene rings is 2. The minimum atomic E-state index is -0.474. The van der Waals surface area contributed by atoms with Crippen LogP contribution in [0.3, 0.4) is 0 Å². The molecule has 0 saturated carbocycles. The fraction of sp³-hybridized carbons (Fsp3) is 0.111. The molecule has 4 nitrogen and oxygen atoms in total. The van der Waals surface area contributed by atoms with Crippen molar-refractivity contribution in [3.8, 4) is 5.75 Å². The number of carbonyl (C=O) groups is 1. The third kappa shape index (κ3) is 2.19. The number of fused-ring (bicyclic) bond motifs is 1. The molecule has 0 aliphatic rings. The molecule has 2 aromatic carbocycles. The Morgan fingerprint density at radius 1 is 1.09 bits per heavy atom. The van der Waals surface area contributed by atoms with E-state index in [-0.39, 0.29) is 11.3 Å². The summed E-state index contributed by atoms with van der Waals surface area (Å²) in [4.78, 5) is 23.8. The number of aromatic nitrogens is 1. The van der Waals surface area contributed by atoms with Crippen LogP contribution in [-0.2, 0) is 6.54 Å². The second kappa shape index (κ2) is 5.48. The van der Waals surface area contributed by atoms with Gasteiger partial charge in [0.25, 0.3) is 5.56 Å². The highest BCUT2D eigenvalue weighted by Gasteiger charge is 2.17. The molecular formula is C18H15NO3. The van der Waals surface area contributed by atoms with Gasteiger partial charge >= 0.3 is 0 Å². The number of carbonyl (C=O) groups excluding carboxylic acids is 1. The zero-order valence-electron chi connectivity index (χ0n) is 12.1. The lowest BCUT2D eigenvalue weighted by molar-refractivity contribution is 0.111. The van der Waals surface area contributed by atoms with Gasteiger partial charge in [-0.25, -0.2) is 0 Å². The van der Waals surface area contributed by atoms with Crippen LogP contribution in [0.25, 0.3) is 10.9 Å². The Morgan fingerprint density at radius 2 is 1.82 bits per heavy atom. The van der Waals surface area contributed by atoms with E-state index in [0.29, 0.717) is 23.7 Å². The van der Waals surface area contributed by atoms with Crippen LogP contribution in [0.5, 0.6) is 5.75 Å². The average Bonchev–Trinajstić information content (AvgIpc) is 2.53. The molecule has 1 aromatic heterocycles. The minimum Gasteiger partial charge on any atom is -0.506 e. The first-order valence-corrected chi connectivity index (χ1v) is 6.97. The molecule has 4 heteroatoms. The molecule has 0 unspecified atom stereocenters. The normalized spacial score (nSPS) is 10.8. The number of para-hydroxylation sites is 1. The Balaban J connectivity index is 2.37. The smallest absolute Gasteiger partial charge is 0.265 e. The van der Waals surface area contributed by atoms with Crippen LogP contribution in [0.1, 0.15) is 21.5 Å². The van der Waals surface area contributed by atoms with Crippen LogP contribution in [0.2, 0.25) is 0 Å². The van der Waals surface area contributed by atoms with E-state index in [0.717, 1.165) is 11.1 Å².